The van der Waals surface area contributed by atoms with Crippen LogP contribution >= 0.6 is 0 Å². The van der Waals surface area contributed by atoms with Crippen LogP contribution in [0.1, 0.15) is 53.4 Å². The van der Waals surface area contributed by atoms with Crippen molar-refractivity contribution in [2.75, 3.05) is 6.61 Å². The van der Waals surface area contributed by atoms with E-state index in [4.69, 9.17) is 4.74 Å². The normalized spacial score (nSPS) is 22.2. The molecule has 2 heteroatoms. The summed E-state index contributed by atoms with van der Waals surface area (Å²) in [4.78, 5) is 11.6. The number of rotatable bonds is 5. The van der Waals surface area contributed by atoms with Crippen LogP contribution in [0.2, 0.25) is 0 Å². The van der Waals surface area contributed by atoms with E-state index in [2.05, 4.69) is 26.8 Å². The van der Waals surface area contributed by atoms with Gasteiger partial charge in [-0.05, 0) is 43.9 Å². The van der Waals surface area contributed by atoms with Gasteiger partial charge in [0.2, 0.25) is 0 Å². The van der Waals surface area contributed by atoms with Crippen LogP contribution < -0.4 is 0 Å². The van der Waals surface area contributed by atoms with Gasteiger partial charge >= 0.3 is 5.97 Å². The second-order valence-electron chi connectivity index (χ2n) is 5.30. The van der Waals surface area contributed by atoms with Gasteiger partial charge in [0.15, 0.2) is 0 Å². The lowest BCUT2D eigenvalue weighted by molar-refractivity contribution is -0.138. The smallest absolute Gasteiger partial charge is 0.333 e. The second-order valence-corrected chi connectivity index (χ2v) is 5.30. The molecule has 0 amide bonds. The van der Waals surface area contributed by atoms with Gasteiger partial charge in [0.05, 0.1) is 6.61 Å². The van der Waals surface area contributed by atoms with Crippen molar-refractivity contribution < 1.29 is 9.53 Å². The van der Waals surface area contributed by atoms with Gasteiger partial charge in [-0.2, -0.15) is 0 Å². The molecule has 98 valence electrons. The maximum absolute atomic E-state index is 11.6. The van der Waals surface area contributed by atoms with E-state index in [0.29, 0.717) is 6.61 Å². The topological polar surface area (TPSA) is 26.3 Å². The average Bonchev–Trinajstić information content (AvgIpc) is 2.30. The van der Waals surface area contributed by atoms with E-state index in [-0.39, 0.29) is 5.97 Å². The molecule has 0 aromatic heterocycles. The Morgan fingerprint density at radius 3 is 2.59 bits per heavy atom. The van der Waals surface area contributed by atoms with E-state index >= 15 is 0 Å². The van der Waals surface area contributed by atoms with E-state index in [1.165, 1.54) is 6.42 Å². The zero-order valence-electron chi connectivity index (χ0n) is 11.7. The van der Waals surface area contributed by atoms with Crippen LogP contribution in [0.15, 0.2) is 11.6 Å². The van der Waals surface area contributed by atoms with Crippen molar-refractivity contribution in [3.8, 4) is 0 Å². The first kappa shape index (κ1) is 14.3. The molecular weight excluding hydrogens is 212 g/mol. The molecule has 0 heterocycles. The molecule has 0 bridgehead atoms. The Kier molecular flexibility index (Phi) is 5.73. The highest BCUT2D eigenvalue weighted by molar-refractivity contribution is 5.88. The third-order valence-electron chi connectivity index (χ3n) is 3.92. The zero-order chi connectivity index (χ0) is 12.8. The van der Waals surface area contributed by atoms with E-state index in [9.17, 15) is 4.79 Å². The molecular formula is C15H26O2. The van der Waals surface area contributed by atoms with Gasteiger partial charge in [0, 0.05) is 5.57 Å². The van der Waals surface area contributed by atoms with E-state index in [1.54, 1.807) is 0 Å². The summed E-state index contributed by atoms with van der Waals surface area (Å²) in [6.45, 7) is 9.21. The molecule has 2 atom stereocenters. The lowest BCUT2D eigenvalue weighted by atomic mass is 9.74. The van der Waals surface area contributed by atoms with Gasteiger partial charge in [-0.25, -0.2) is 4.79 Å². The van der Waals surface area contributed by atoms with Crippen LogP contribution in [0, 0.1) is 17.8 Å². The molecule has 2 nitrogen and oxygen atoms in total. The highest BCUT2D eigenvalue weighted by Crippen LogP contribution is 2.35. The summed E-state index contributed by atoms with van der Waals surface area (Å²) < 4.78 is 5.04. The van der Waals surface area contributed by atoms with Crippen molar-refractivity contribution in [2.24, 2.45) is 17.8 Å². The van der Waals surface area contributed by atoms with Crippen LogP contribution in [0.4, 0.5) is 0 Å². The Balaban J connectivity index is 2.56. The standard InChI is InChI=1S/C15H26O2/c1-5-14(11(3)4)12-7-9-13(10-8-12)15(16)17-6-2/h9,11-12,14H,5-8,10H2,1-4H3. The Labute approximate surface area is 105 Å². The minimum atomic E-state index is -0.108. The molecule has 1 aliphatic carbocycles. The molecule has 1 rings (SSSR count). The van der Waals surface area contributed by atoms with Crippen molar-refractivity contribution >= 4 is 5.97 Å². The predicted octanol–water partition coefficient (Wildman–Crippen LogP) is 3.96. The molecule has 0 aromatic carbocycles. The minimum Gasteiger partial charge on any atom is -0.463 e. The molecule has 0 fully saturated rings. The molecule has 0 saturated carbocycles. The molecule has 0 saturated heterocycles. The number of hydrogen-bond acceptors (Lipinski definition) is 2. The molecule has 0 spiro atoms. The predicted molar refractivity (Wildman–Crippen MR) is 70.7 cm³/mol. The summed E-state index contributed by atoms with van der Waals surface area (Å²) in [7, 11) is 0. The maximum atomic E-state index is 11.6. The van der Waals surface area contributed by atoms with Crippen LogP contribution in [0.5, 0.6) is 0 Å². The summed E-state index contributed by atoms with van der Waals surface area (Å²) >= 11 is 0. The Bertz CT molecular complexity index is 279. The molecule has 1 aliphatic rings. The Hall–Kier alpha value is -0.790. The lowest BCUT2D eigenvalue weighted by Crippen LogP contribution is -2.23. The van der Waals surface area contributed by atoms with Gasteiger partial charge in [-0.3, -0.25) is 0 Å². The van der Waals surface area contributed by atoms with Gasteiger partial charge in [0.25, 0.3) is 0 Å². The number of carbonyl (C=O) groups is 1. The van der Waals surface area contributed by atoms with Gasteiger partial charge in [-0.15, -0.1) is 0 Å². The van der Waals surface area contributed by atoms with Gasteiger partial charge in [-0.1, -0.05) is 33.3 Å². The number of esters is 1. The summed E-state index contributed by atoms with van der Waals surface area (Å²) in [5, 5.41) is 0. The number of ether oxygens (including phenoxy) is 1. The summed E-state index contributed by atoms with van der Waals surface area (Å²) in [5.74, 6) is 2.17. The minimum absolute atomic E-state index is 0.108. The molecule has 17 heavy (non-hydrogen) atoms. The zero-order valence-corrected chi connectivity index (χ0v) is 11.7. The fourth-order valence-corrected chi connectivity index (χ4v) is 3.00. The van der Waals surface area contributed by atoms with Crippen LogP contribution in [0.25, 0.3) is 0 Å². The molecule has 0 radical (unpaired) electrons. The largest absolute Gasteiger partial charge is 0.463 e. The first-order valence-electron chi connectivity index (χ1n) is 6.96. The number of hydrogen-bond donors (Lipinski definition) is 0. The maximum Gasteiger partial charge on any atom is 0.333 e. The van der Waals surface area contributed by atoms with Crippen molar-refractivity contribution in [1.29, 1.82) is 0 Å². The molecule has 2 unspecified atom stereocenters. The monoisotopic (exact) mass is 238 g/mol. The summed E-state index contributed by atoms with van der Waals surface area (Å²) in [6.07, 6.45) is 6.43. The van der Waals surface area contributed by atoms with Crippen molar-refractivity contribution in [3.63, 3.8) is 0 Å². The van der Waals surface area contributed by atoms with E-state index in [1.807, 2.05) is 6.92 Å². The Morgan fingerprint density at radius 1 is 1.47 bits per heavy atom. The number of carbonyl (C=O) groups excluding carboxylic acids is 1. The molecule has 0 N–H and O–H groups in total. The number of allylic oxidation sites excluding steroid dienone is 1. The van der Waals surface area contributed by atoms with Crippen molar-refractivity contribution in [1.82, 2.24) is 0 Å². The highest BCUT2D eigenvalue weighted by Gasteiger charge is 2.26. The SMILES string of the molecule is CCOC(=O)C1=CCC(C(CC)C(C)C)CC1. The van der Waals surface area contributed by atoms with Crippen LogP contribution in [-0.2, 0) is 9.53 Å². The van der Waals surface area contributed by atoms with Crippen LogP contribution in [-0.4, -0.2) is 12.6 Å². The second kappa shape index (κ2) is 6.83. The fraction of sp³-hybridized carbons (Fsp3) is 0.800. The molecule has 0 aromatic rings. The Morgan fingerprint density at radius 2 is 2.18 bits per heavy atom. The summed E-state index contributed by atoms with van der Waals surface area (Å²) in [6, 6.07) is 0. The molecule has 0 aliphatic heterocycles. The quantitative estimate of drug-likeness (QED) is 0.678. The third-order valence-corrected chi connectivity index (χ3v) is 3.92. The van der Waals surface area contributed by atoms with E-state index in [0.717, 1.165) is 42.6 Å². The third kappa shape index (κ3) is 3.86. The fourth-order valence-electron chi connectivity index (χ4n) is 3.00. The van der Waals surface area contributed by atoms with Crippen molar-refractivity contribution in [2.45, 2.75) is 53.4 Å². The van der Waals surface area contributed by atoms with Gasteiger partial charge < -0.3 is 4.74 Å². The first-order chi connectivity index (χ1) is 8.10. The van der Waals surface area contributed by atoms with Gasteiger partial charge in [0.1, 0.15) is 0 Å². The summed E-state index contributed by atoms with van der Waals surface area (Å²) in [5.41, 5.74) is 0.890. The highest BCUT2D eigenvalue weighted by atomic mass is 16.5. The first-order valence-corrected chi connectivity index (χ1v) is 6.96. The van der Waals surface area contributed by atoms with E-state index < -0.39 is 0 Å². The average molecular weight is 238 g/mol. The van der Waals surface area contributed by atoms with Crippen molar-refractivity contribution in [3.05, 3.63) is 11.6 Å². The van der Waals surface area contributed by atoms with Crippen LogP contribution in [0.3, 0.4) is 0 Å². The lowest BCUT2D eigenvalue weighted by Gasteiger charge is -2.31.